The van der Waals surface area contributed by atoms with E-state index in [-0.39, 0.29) is 0 Å². The van der Waals surface area contributed by atoms with E-state index in [0.29, 0.717) is 5.56 Å². The highest BCUT2D eigenvalue weighted by Gasteiger charge is 2.30. The van der Waals surface area contributed by atoms with Crippen molar-refractivity contribution < 1.29 is 13.2 Å². The Hall–Kier alpha value is -2.10. The molecule has 0 bridgehead atoms. The molecule has 0 unspecified atom stereocenters. The molecule has 3 aromatic rings. The van der Waals surface area contributed by atoms with Crippen molar-refractivity contribution in [3.8, 4) is 10.7 Å². The number of aromatic nitrogens is 3. The summed E-state index contributed by atoms with van der Waals surface area (Å²) in [6.07, 6.45) is -0.467. The van der Waals surface area contributed by atoms with Gasteiger partial charge in [-0.25, -0.2) is 0 Å². The number of hydrogen-bond acceptors (Lipinski definition) is 5. The average Bonchev–Trinajstić information content (AvgIpc) is 3.41. The van der Waals surface area contributed by atoms with Crippen LogP contribution in [0.2, 0.25) is 0 Å². The maximum absolute atomic E-state index is 13.0. The molecule has 4 rings (SSSR count). The fourth-order valence-corrected chi connectivity index (χ4v) is 5.16. The SMILES string of the molecule is Cn1c(SCCCN2CC=C(c3cccc(C(F)(F)F)c3)CC2)nnc1-c1cccs1. The van der Waals surface area contributed by atoms with E-state index in [4.69, 9.17) is 0 Å². The van der Waals surface area contributed by atoms with Crippen molar-refractivity contribution in [1.82, 2.24) is 19.7 Å². The lowest BCUT2D eigenvalue weighted by molar-refractivity contribution is -0.137. The van der Waals surface area contributed by atoms with Crippen LogP contribution < -0.4 is 0 Å². The second-order valence-electron chi connectivity index (χ2n) is 7.40. The molecule has 0 saturated carbocycles. The van der Waals surface area contributed by atoms with Crippen molar-refractivity contribution in [3.63, 3.8) is 0 Å². The summed E-state index contributed by atoms with van der Waals surface area (Å²) in [4.78, 5) is 3.45. The molecule has 0 amide bonds. The third-order valence-corrected chi connectivity index (χ3v) is 7.25. The minimum Gasteiger partial charge on any atom is -0.305 e. The predicted molar refractivity (Wildman–Crippen MR) is 120 cm³/mol. The molecular weight excluding hydrogens is 441 g/mol. The van der Waals surface area contributed by atoms with Crippen LogP contribution in [0.3, 0.4) is 0 Å². The normalized spacial score (nSPS) is 15.3. The molecule has 1 aromatic carbocycles. The van der Waals surface area contributed by atoms with Crippen LogP contribution in [0.5, 0.6) is 0 Å². The molecule has 164 valence electrons. The van der Waals surface area contributed by atoms with Gasteiger partial charge in [0, 0.05) is 25.9 Å². The molecule has 0 N–H and O–H groups in total. The molecule has 0 saturated heterocycles. The molecule has 0 fully saturated rings. The first kappa shape index (κ1) is 22.1. The molecule has 4 nitrogen and oxygen atoms in total. The van der Waals surface area contributed by atoms with Crippen LogP contribution in [0.15, 0.2) is 53.0 Å². The van der Waals surface area contributed by atoms with Gasteiger partial charge in [0.25, 0.3) is 0 Å². The summed E-state index contributed by atoms with van der Waals surface area (Å²) in [5.41, 5.74) is 1.09. The third kappa shape index (κ3) is 5.39. The van der Waals surface area contributed by atoms with E-state index in [1.165, 1.54) is 12.1 Å². The Morgan fingerprint density at radius 2 is 2.03 bits per heavy atom. The van der Waals surface area contributed by atoms with Crippen molar-refractivity contribution in [1.29, 1.82) is 0 Å². The fraction of sp³-hybridized carbons (Fsp3) is 0.364. The standard InChI is InChI=1S/C22H23F3N4S2/c1-28-20(19-7-3-13-30-19)26-27-21(28)31-14-4-10-29-11-8-16(9-12-29)17-5-2-6-18(15-17)22(23,24)25/h2-3,5-8,13,15H,4,9-12,14H2,1H3. The average molecular weight is 465 g/mol. The zero-order valence-corrected chi connectivity index (χ0v) is 18.7. The summed E-state index contributed by atoms with van der Waals surface area (Å²) in [5.74, 6) is 1.83. The lowest BCUT2D eigenvalue weighted by Gasteiger charge is -2.26. The van der Waals surface area contributed by atoms with Gasteiger partial charge in [-0.3, -0.25) is 4.90 Å². The Morgan fingerprint density at radius 1 is 1.16 bits per heavy atom. The number of halogens is 3. The van der Waals surface area contributed by atoms with Crippen molar-refractivity contribution in [2.24, 2.45) is 7.05 Å². The van der Waals surface area contributed by atoms with Gasteiger partial charge in [-0.15, -0.1) is 21.5 Å². The smallest absolute Gasteiger partial charge is 0.305 e. The monoisotopic (exact) mass is 464 g/mol. The number of alkyl halides is 3. The van der Waals surface area contributed by atoms with Crippen LogP contribution in [0, 0.1) is 0 Å². The van der Waals surface area contributed by atoms with E-state index < -0.39 is 11.7 Å². The Morgan fingerprint density at radius 3 is 2.74 bits per heavy atom. The van der Waals surface area contributed by atoms with Crippen LogP contribution >= 0.6 is 23.1 Å². The number of thioether (sulfide) groups is 1. The highest BCUT2D eigenvalue weighted by Crippen LogP contribution is 2.32. The molecule has 9 heteroatoms. The first-order chi connectivity index (χ1) is 14.9. The summed E-state index contributed by atoms with van der Waals surface area (Å²) in [6, 6.07) is 9.67. The molecule has 3 heterocycles. The van der Waals surface area contributed by atoms with E-state index in [1.54, 1.807) is 29.2 Å². The highest BCUT2D eigenvalue weighted by molar-refractivity contribution is 7.99. The third-order valence-electron chi connectivity index (χ3n) is 5.28. The first-order valence-electron chi connectivity index (χ1n) is 10.1. The topological polar surface area (TPSA) is 34.0 Å². The summed E-state index contributed by atoms with van der Waals surface area (Å²) < 4.78 is 40.9. The molecule has 31 heavy (non-hydrogen) atoms. The minimum atomic E-state index is -4.30. The summed E-state index contributed by atoms with van der Waals surface area (Å²) in [6.45, 7) is 2.58. The largest absolute Gasteiger partial charge is 0.416 e. The van der Waals surface area contributed by atoms with E-state index in [2.05, 4.69) is 21.2 Å². The Kier molecular flexibility index (Phi) is 6.83. The maximum Gasteiger partial charge on any atom is 0.416 e. The van der Waals surface area contributed by atoms with E-state index in [1.807, 2.05) is 29.1 Å². The Bertz CT molecular complexity index is 1040. The predicted octanol–water partition coefficient (Wildman–Crippen LogP) is 5.83. The van der Waals surface area contributed by atoms with Gasteiger partial charge in [0.15, 0.2) is 11.0 Å². The van der Waals surface area contributed by atoms with Gasteiger partial charge in [0.2, 0.25) is 0 Å². The zero-order chi connectivity index (χ0) is 21.8. The van der Waals surface area contributed by atoms with Crippen LogP contribution in [-0.4, -0.2) is 45.1 Å². The second kappa shape index (κ2) is 9.58. The minimum absolute atomic E-state index is 0.587. The first-order valence-corrected chi connectivity index (χ1v) is 11.9. The number of thiophene rings is 1. The van der Waals surface area contributed by atoms with Crippen molar-refractivity contribution >= 4 is 28.7 Å². The molecule has 1 aliphatic heterocycles. The van der Waals surface area contributed by atoms with Gasteiger partial charge in [-0.05, 0) is 54.1 Å². The van der Waals surface area contributed by atoms with Gasteiger partial charge < -0.3 is 4.57 Å². The van der Waals surface area contributed by atoms with Gasteiger partial charge in [-0.2, -0.15) is 13.2 Å². The molecule has 1 aliphatic rings. The van der Waals surface area contributed by atoms with Gasteiger partial charge in [0.1, 0.15) is 0 Å². The second-order valence-corrected chi connectivity index (χ2v) is 9.41. The summed E-state index contributed by atoms with van der Waals surface area (Å²) in [7, 11) is 1.99. The molecule has 0 aliphatic carbocycles. The summed E-state index contributed by atoms with van der Waals surface area (Å²) >= 11 is 3.35. The van der Waals surface area contributed by atoms with Crippen molar-refractivity contribution in [2.75, 3.05) is 25.4 Å². The Balaban J connectivity index is 1.25. The van der Waals surface area contributed by atoms with Crippen LogP contribution in [-0.2, 0) is 13.2 Å². The number of rotatable bonds is 7. The molecular formula is C22H23F3N4S2. The van der Waals surface area contributed by atoms with Gasteiger partial charge >= 0.3 is 6.18 Å². The van der Waals surface area contributed by atoms with Crippen LogP contribution in [0.4, 0.5) is 13.2 Å². The van der Waals surface area contributed by atoms with Gasteiger partial charge in [0.05, 0.1) is 10.4 Å². The van der Waals surface area contributed by atoms with Crippen molar-refractivity contribution in [2.45, 2.75) is 24.2 Å². The molecule has 0 atom stereocenters. The number of benzene rings is 1. The molecule has 0 radical (unpaired) electrons. The van der Waals surface area contributed by atoms with E-state index in [0.717, 1.165) is 65.7 Å². The Labute approximate surface area is 187 Å². The maximum atomic E-state index is 13.0. The quantitative estimate of drug-likeness (QED) is 0.325. The van der Waals surface area contributed by atoms with Crippen LogP contribution in [0.25, 0.3) is 16.3 Å². The van der Waals surface area contributed by atoms with E-state index in [9.17, 15) is 13.2 Å². The van der Waals surface area contributed by atoms with Gasteiger partial charge in [-0.1, -0.05) is 36.0 Å². The highest BCUT2D eigenvalue weighted by atomic mass is 32.2. The van der Waals surface area contributed by atoms with E-state index >= 15 is 0 Å². The molecule has 0 spiro atoms. The lowest BCUT2D eigenvalue weighted by Crippen LogP contribution is -2.29. The molecule has 2 aromatic heterocycles. The van der Waals surface area contributed by atoms with Crippen LogP contribution in [0.1, 0.15) is 24.0 Å². The number of hydrogen-bond donors (Lipinski definition) is 0. The van der Waals surface area contributed by atoms with Crippen molar-refractivity contribution in [3.05, 3.63) is 59.0 Å². The zero-order valence-electron chi connectivity index (χ0n) is 17.1. The summed E-state index contributed by atoms with van der Waals surface area (Å²) in [5, 5.41) is 11.5. The fourth-order valence-electron chi connectivity index (χ4n) is 3.58. The number of nitrogens with zero attached hydrogens (tertiary/aromatic N) is 4. The lowest BCUT2D eigenvalue weighted by atomic mass is 9.97.